The van der Waals surface area contributed by atoms with E-state index in [2.05, 4.69) is 59.5 Å². The fraction of sp³-hybridized carbons (Fsp3) is 0.217. The molecule has 0 unspecified atom stereocenters. The summed E-state index contributed by atoms with van der Waals surface area (Å²) in [5, 5.41) is 0. The van der Waals surface area contributed by atoms with Gasteiger partial charge in [0.25, 0.3) is 0 Å². The van der Waals surface area contributed by atoms with Gasteiger partial charge in [0.2, 0.25) is 0 Å². The second-order valence-electron chi connectivity index (χ2n) is 6.55. The summed E-state index contributed by atoms with van der Waals surface area (Å²) < 4.78 is 5.97. The maximum atomic E-state index is 5.97. The van der Waals surface area contributed by atoms with E-state index in [-0.39, 0.29) is 0 Å². The van der Waals surface area contributed by atoms with Crippen molar-refractivity contribution in [2.75, 3.05) is 18.0 Å². The molecule has 1 heterocycles. The number of ether oxygens (including phenoxy) is 1. The van der Waals surface area contributed by atoms with Gasteiger partial charge in [-0.1, -0.05) is 54.6 Å². The first kappa shape index (κ1) is 15.8. The minimum absolute atomic E-state index is 0.595. The summed E-state index contributed by atoms with van der Waals surface area (Å²) >= 11 is 0. The number of nitrogens with zero attached hydrogens (tertiary/aromatic N) is 1. The molecule has 1 fully saturated rings. The van der Waals surface area contributed by atoms with Crippen LogP contribution >= 0.6 is 0 Å². The Bertz CT molecular complexity index is 822. The summed E-state index contributed by atoms with van der Waals surface area (Å²) in [7, 11) is 0. The molecular formula is C23H23NO. The van der Waals surface area contributed by atoms with Crippen molar-refractivity contribution in [1.29, 1.82) is 0 Å². The van der Waals surface area contributed by atoms with Crippen LogP contribution in [0.15, 0.2) is 78.9 Å². The quantitative estimate of drug-likeness (QED) is 0.610. The van der Waals surface area contributed by atoms with E-state index in [1.54, 1.807) is 0 Å². The maximum Gasteiger partial charge on any atom is 0.120 e. The van der Waals surface area contributed by atoms with Crippen LogP contribution in [0.2, 0.25) is 0 Å². The highest BCUT2D eigenvalue weighted by molar-refractivity contribution is 5.69. The van der Waals surface area contributed by atoms with Crippen LogP contribution in [0.25, 0.3) is 11.1 Å². The molecule has 2 nitrogen and oxygen atoms in total. The highest BCUT2D eigenvalue weighted by atomic mass is 16.5. The fourth-order valence-corrected chi connectivity index (χ4v) is 3.36. The van der Waals surface area contributed by atoms with Gasteiger partial charge >= 0.3 is 0 Å². The van der Waals surface area contributed by atoms with Gasteiger partial charge in [-0.15, -0.1) is 0 Å². The van der Waals surface area contributed by atoms with Crippen molar-refractivity contribution in [2.24, 2.45) is 0 Å². The van der Waals surface area contributed by atoms with Gasteiger partial charge in [-0.05, 0) is 53.8 Å². The molecule has 0 N–H and O–H groups in total. The number of anilines is 1. The molecule has 3 aromatic rings. The lowest BCUT2D eigenvalue weighted by Crippen LogP contribution is -2.17. The van der Waals surface area contributed by atoms with Crippen LogP contribution < -0.4 is 9.64 Å². The number of rotatable bonds is 5. The van der Waals surface area contributed by atoms with Gasteiger partial charge in [-0.25, -0.2) is 0 Å². The number of hydrogen-bond donors (Lipinski definition) is 0. The van der Waals surface area contributed by atoms with Crippen LogP contribution in [0.5, 0.6) is 5.75 Å². The zero-order valence-corrected chi connectivity index (χ0v) is 14.4. The third-order valence-corrected chi connectivity index (χ3v) is 4.73. The van der Waals surface area contributed by atoms with Gasteiger partial charge in [-0.2, -0.15) is 0 Å². The molecule has 0 bridgehead atoms. The molecule has 0 aliphatic carbocycles. The predicted molar refractivity (Wildman–Crippen MR) is 104 cm³/mol. The maximum absolute atomic E-state index is 5.97. The molecule has 0 aromatic heterocycles. The molecule has 0 saturated carbocycles. The smallest absolute Gasteiger partial charge is 0.120 e. The van der Waals surface area contributed by atoms with E-state index in [0.29, 0.717) is 6.61 Å². The fourth-order valence-electron chi connectivity index (χ4n) is 3.36. The number of benzene rings is 3. The molecule has 0 spiro atoms. The number of hydrogen-bond acceptors (Lipinski definition) is 2. The Hall–Kier alpha value is -2.74. The summed E-state index contributed by atoms with van der Waals surface area (Å²) in [5.41, 5.74) is 4.95. The van der Waals surface area contributed by atoms with Gasteiger partial charge in [-0.3, -0.25) is 0 Å². The van der Waals surface area contributed by atoms with Gasteiger partial charge in [0.1, 0.15) is 12.4 Å². The Morgan fingerprint density at radius 1 is 0.720 bits per heavy atom. The zero-order chi connectivity index (χ0) is 16.9. The third-order valence-electron chi connectivity index (χ3n) is 4.73. The third kappa shape index (κ3) is 3.85. The monoisotopic (exact) mass is 329 g/mol. The standard InChI is InChI=1S/C23H23NO/c1-2-8-19(9-3-1)18-25-23-13-7-11-21(17-23)20-10-6-12-22(16-20)24-14-4-5-15-24/h1-3,6-13,16-17H,4-5,14-15,18H2. The zero-order valence-electron chi connectivity index (χ0n) is 14.4. The van der Waals surface area contributed by atoms with Crippen LogP contribution in [0, 0.1) is 0 Å². The largest absolute Gasteiger partial charge is 0.489 e. The van der Waals surface area contributed by atoms with Gasteiger partial charge in [0.05, 0.1) is 0 Å². The lowest BCUT2D eigenvalue weighted by molar-refractivity contribution is 0.306. The molecule has 25 heavy (non-hydrogen) atoms. The molecule has 0 atom stereocenters. The lowest BCUT2D eigenvalue weighted by Gasteiger charge is -2.18. The molecule has 0 radical (unpaired) electrons. The van der Waals surface area contributed by atoms with E-state index in [1.807, 2.05) is 24.3 Å². The van der Waals surface area contributed by atoms with Gasteiger partial charge in [0, 0.05) is 18.8 Å². The molecule has 1 aliphatic rings. The molecule has 0 amide bonds. The van der Waals surface area contributed by atoms with Crippen LogP contribution in [0.4, 0.5) is 5.69 Å². The Morgan fingerprint density at radius 3 is 2.24 bits per heavy atom. The minimum Gasteiger partial charge on any atom is -0.489 e. The van der Waals surface area contributed by atoms with E-state index in [1.165, 1.54) is 48.3 Å². The van der Waals surface area contributed by atoms with Crippen molar-refractivity contribution in [1.82, 2.24) is 0 Å². The molecule has 3 aromatic carbocycles. The molecular weight excluding hydrogens is 306 g/mol. The van der Waals surface area contributed by atoms with Crippen molar-refractivity contribution >= 4 is 5.69 Å². The first-order valence-corrected chi connectivity index (χ1v) is 9.01. The summed E-state index contributed by atoms with van der Waals surface area (Å²) in [4.78, 5) is 2.47. The molecule has 126 valence electrons. The van der Waals surface area contributed by atoms with Crippen LogP contribution in [0.3, 0.4) is 0 Å². The lowest BCUT2D eigenvalue weighted by atomic mass is 10.0. The molecule has 4 rings (SSSR count). The Kier molecular flexibility index (Phi) is 4.69. The highest BCUT2D eigenvalue weighted by Gasteiger charge is 2.12. The van der Waals surface area contributed by atoms with E-state index >= 15 is 0 Å². The Morgan fingerprint density at radius 2 is 1.44 bits per heavy atom. The van der Waals surface area contributed by atoms with Crippen molar-refractivity contribution in [3.63, 3.8) is 0 Å². The predicted octanol–water partition coefficient (Wildman–Crippen LogP) is 5.53. The summed E-state index contributed by atoms with van der Waals surface area (Å²) in [6.07, 6.45) is 2.60. The Balaban J connectivity index is 1.52. The summed E-state index contributed by atoms with van der Waals surface area (Å²) in [6.45, 7) is 2.94. The topological polar surface area (TPSA) is 12.5 Å². The average Bonchev–Trinajstić information content (AvgIpc) is 3.22. The first-order chi connectivity index (χ1) is 12.4. The summed E-state index contributed by atoms with van der Waals surface area (Å²) in [6, 6.07) is 27.5. The van der Waals surface area contributed by atoms with E-state index in [0.717, 1.165) is 5.75 Å². The first-order valence-electron chi connectivity index (χ1n) is 9.01. The van der Waals surface area contributed by atoms with E-state index < -0.39 is 0 Å². The highest BCUT2D eigenvalue weighted by Crippen LogP contribution is 2.29. The SMILES string of the molecule is c1ccc(COc2cccc(-c3cccc(N4CCCC4)c3)c2)cc1. The molecule has 2 heteroatoms. The van der Waals surface area contributed by atoms with Crippen LogP contribution in [-0.4, -0.2) is 13.1 Å². The second kappa shape index (κ2) is 7.43. The van der Waals surface area contributed by atoms with Gasteiger partial charge < -0.3 is 9.64 Å². The van der Waals surface area contributed by atoms with Gasteiger partial charge in [0.15, 0.2) is 0 Å². The van der Waals surface area contributed by atoms with Crippen LogP contribution in [0.1, 0.15) is 18.4 Å². The van der Waals surface area contributed by atoms with Crippen molar-refractivity contribution in [2.45, 2.75) is 19.4 Å². The minimum atomic E-state index is 0.595. The normalized spacial score (nSPS) is 13.8. The van der Waals surface area contributed by atoms with Crippen molar-refractivity contribution in [3.05, 3.63) is 84.4 Å². The Labute approximate surface area is 149 Å². The summed E-state index contributed by atoms with van der Waals surface area (Å²) in [5.74, 6) is 0.910. The van der Waals surface area contributed by atoms with Crippen molar-refractivity contribution < 1.29 is 4.74 Å². The second-order valence-corrected chi connectivity index (χ2v) is 6.55. The van der Waals surface area contributed by atoms with E-state index in [4.69, 9.17) is 4.74 Å². The molecule has 1 saturated heterocycles. The van der Waals surface area contributed by atoms with Crippen molar-refractivity contribution in [3.8, 4) is 16.9 Å². The molecule has 1 aliphatic heterocycles. The van der Waals surface area contributed by atoms with Crippen LogP contribution in [-0.2, 0) is 6.61 Å². The van der Waals surface area contributed by atoms with E-state index in [9.17, 15) is 0 Å². The average molecular weight is 329 g/mol.